The van der Waals surface area contributed by atoms with E-state index in [-0.39, 0.29) is 13.1 Å². The highest BCUT2D eigenvalue weighted by molar-refractivity contribution is 5.68. The summed E-state index contributed by atoms with van der Waals surface area (Å²) in [6, 6.07) is 0. The summed E-state index contributed by atoms with van der Waals surface area (Å²) in [4.78, 5) is 9.93. The van der Waals surface area contributed by atoms with E-state index < -0.39 is 18.2 Å². The van der Waals surface area contributed by atoms with Gasteiger partial charge >= 0.3 is 5.97 Å². The third kappa shape index (κ3) is 5.78. The number of aliphatic hydroxyl groups is 2. The lowest BCUT2D eigenvalue weighted by Gasteiger charge is -2.12. The molecule has 0 aromatic carbocycles. The Hall–Kier alpha value is -0.650. The van der Waals surface area contributed by atoms with E-state index in [1.165, 1.54) is 0 Å². The number of aliphatic hydroxyl groups excluding tert-OH is 2. The Bertz CT molecular complexity index is 126. The molecule has 0 amide bonds. The summed E-state index contributed by atoms with van der Waals surface area (Å²) in [5.74, 6) is -1.00. The van der Waals surface area contributed by atoms with Gasteiger partial charge in [-0.05, 0) is 6.92 Å². The summed E-state index contributed by atoms with van der Waals surface area (Å²) in [6.45, 7) is 2.95. The Balaban J connectivity index is 3.31. The van der Waals surface area contributed by atoms with E-state index in [9.17, 15) is 4.79 Å². The standard InChI is InChI=1S/C6H12NO4/c1-4(8)5(9)2-7-3-6(10)11/h4-5,7-9H,1-3H2,(H,10,11). The number of carboxylic acid groups (broad SMARTS) is 1. The quantitative estimate of drug-likeness (QED) is 0.383. The number of aliphatic carboxylic acids is 1. The molecule has 0 aliphatic rings. The monoisotopic (exact) mass is 162 g/mol. The zero-order valence-corrected chi connectivity index (χ0v) is 6.03. The molecular weight excluding hydrogens is 150 g/mol. The molecule has 5 nitrogen and oxygen atoms in total. The Morgan fingerprint density at radius 3 is 2.45 bits per heavy atom. The van der Waals surface area contributed by atoms with Crippen molar-refractivity contribution in [2.75, 3.05) is 13.1 Å². The van der Waals surface area contributed by atoms with Gasteiger partial charge in [0.25, 0.3) is 0 Å². The maximum atomic E-state index is 9.93. The summed E-state index contributed by atoms with van der Waals surface area (Å²) in [6.07, 6.45) is -2.11. The highest BCUT2D eigenvalue weighted by Crippen LogP contribution is 1.87. The second-order valence-corrected chi connectivity index (χ2v) is 2.16. The van der Waals surface area contributed by atoms with Gasteiger partial charge in [-0.25, -0.2) is 0 Å². The van der Waals surface area contributed by atoms with E-state index in [1.54, 1.807) is 0 Å². The zero-order valence-electron chi connectivity index (χ0n) is 6.03. The second-order valence-electron chi connectivity index (χ2n) is 2.16. The highest BCUT2D eigenvalue weighted by Gasteiger charge is 2.10. The largest absolute Gasteiger partial charge is 0.480 e. The Morgan fingerprint density at radius 2 is 2.09 bits per heavy atom. The molecule has 0 saturated carbocycles. The molecule has 0 fully saturated rings. The molecule has 0 aromatic heterocycles. The van der Waals surface area contributed by atoms with Crippen molar-refractivity contribution in [3.05, 3.63) is 6.92 Å². The topological polar surface area (TPSA) is 89.8 Å². The predicted octanol–water partition coefficient (Wildman–Crippen LogP) is -1.78. The average Bonchev–Trinajstić information content (AvgIpc) is 1.86. The fraction of sp³-hybridized carbons (Fsp3) is 0.667. The molecule has 0 saturated heterocycles. The minimum atomic E-state index is -1.09. The molecule has 11 heavy (non-hydrogen) atoms. The van der Waals surface area contributed by atoms with Crippen LogP contribution in [0.3, 0.4) is 0 Å². The average molecular weight is 162 g/mol. The van der Waals surface area contributed by atoms with Crippen LogP contribution < -0.4 is 5.32 Å². The number of hydrogen-bond acceptors (Lipinski definition) is 4. The van der Waals surface area contributed by atoms with Gasteiger partial charge in [-0.2, -0.15) is 0 Å². The molecular formula is C6H12NO4. The second kappa shape index (κ2) is 5.06. The van der Waals surface area contributed by atoms with Crippen molar-refractivity contribution >= 4 is 5.97 Å². The van der Waals surface area contributed by atoms with Crippen molar-refractivity contribution in [1.82, 2.24) is 5.32 Å². The molecule has 0 spiro atoms. The fourth-order valence-corrected chi connectivity index (χ4v) is 0.463. The Kier molecular flexibility index (Phi) is 4.76. The predicted molar refractivity (Wildman–Crippen MR) is 37.9 cm³/mol. The maximum Gasteiger partial charge on any atom is 0.317 e. The van der Waals surface area contributed by atoms with E-state index in [0.29, 0.717) is 0 Å². The lowest BCUT2D eigenvalue weighted by atomic mass is 10.2. The minimum absolute atomic E-state index is 0.0248. The SMILES string of the molecule is [CH2]C(O)C(O)CNCC(=O)O. The van der Waals surface area contributed by atoms with Gasteiger partial charge in [-0.15, -0.1) is 0 Å². The molecule has 5 heteroatoms. The van der Waals surface area contributed by atoms with Crippen LogP contribution in [-0.4, -0.2) is 46.6 Å². The number of hydrogen-bond donors (Lipinski definition) is 4. The molecule has 0 rings (SSSR count). The van der Waals surface area contributed by atoms with Crippen LogP contribution in [0.5, 0.6) is 0 Å². The van der Waals surface area contributed by atoms with E-state index >= 15 is 0 Å². The van der Waals surface area contributed by atoms with Crippen LogP contribution in [0, 0.1) is 6.92 Å². The third-order valence-electron chi connectivity index (χ3n) is 1.07. The zero-order chi connectivity index (χ0) is 8.85. The van der Waals surface area contributed by atoms with Crippen molar-refractivity contribution in [2.45, 2.75) is 12.2 Å². The highest BCUT2D eigenvalue weighted by atomic mass is 16.4. The molecule has 0 aromatic rings. The van der Waals surface area contributed by atoms with Gasteiger partial charge < -0.3 is 20.6 Å². The number of rotatable bonds is 5. The fourth-order valence-electron chi connectivity index (χ4n) is 0.463. The first-order chi connectivity index (χ1) is 5.04. The van der Waals surface area contributed by atoms with Crippen molar-refractivity contribution in [3.8, 4) is 0 Å². The van der Waals surface area contributed by atoms with Crippen LogP contribution in [-0.2, 0) is 4.79 Å². The first-order valence-corrected chi connectivity index (χ1v) is 3.15. The first kappa shape index (κ1) is 10.3. The van der Waals surface area contributed by atoms with E-state index in [0.717, 1.165) is 0 Å². The van der Waals surface area contributed by atoms with Crippen LogP contribution in [0.1, 0.15) is 0 Å². The summed E-state index contributed by atoms with van der Waals surface area (Å²) in [5, 5.41) is 28.1. The first-order valence-electron chi connectivity index (χ1n) is 3.15. The Morgan fingerprint density at radius 1 is 1.55 bits per heavy atom. The van der Waals surface area contributed by atoms with Crippen molar-refractivity contribution < 1.29 is 20.1 Å². The molecule has 0 aliphatic heterocycles. The van der Waals surface area contributed by atoms with Crippen LogP contribution in [0.15, 0.2) is 0 Å². The van der Waals surface area contributed by atoms with E-state index in [1.807, 2.05) is 0 Å². The van der Waals surface area contributed by atoms with Crippen molar-refractivity contribution in [3.63, 3.8) is 0 Å². The van der Waals surface area contributed by atoms with E-state index in [2.05, 4.69) is 12.2 Å². The van der Waals surface area contributed by atoms with Gasteiger partial charge in [0.15, 0.2) is 0 Å². The van der Waals surface area contributed by atoms with Gasteiger partial charge in [-0.3, -0.25) is 4.79 Å². The lowest BCUT2D eigenvalue weighted by molar-refractivity contribution is -0.136. The number of carboxylic acids is 1. The van der Waals surface area contributed by atoms with Gasteiger partial charge in [-0.1, -0.05) is 0 Å². The third-order valence-corrected chi connectivity index (χ3v) is 1.07. The normalized spacial score (nSPS) is 15.9. The van der Waals surface area contributed by atoms with Crippen LogP contribution in [0.4, 0.5) is 0 Å². The van der Waals surface area contributed by atoms with Crippen molar-refractivity contribution in [1.29, 1.82) is 0 Å². The molecule has 4 N–H and O–H groups in total. The van der Waals surface area contributed by atoms with Gasteiger partial charge in [0.05, 0.1) is 18.8 Å². The summed E-state index contributed by atoms with van der Waals surface area (Å²) in [5.41, 5.74) is 0. The molecule has 0 aliphatic carbocycles. The molecule has 0 heterocycles. The summed E-state index contributed by atoms with van der Waals surface area (Å²) >= 11 is 0. The van der Waals surface area contributed by atoms with Gasteiger partial charge in [0.1, 0.15) is 0 Å². The number of nitrogens with one attached hydrogen (secondary N) is 1. The van der Waals surface area contributed by atoms with E-state index in [4.69, 9.17) is 15.3 Å². The minimum Gasteiger partial charge on any atom is -0.480 e. The summed E-state index contributed by atoms with van der Waals surface area (Å²) < 4.78 is 0. The molecule has 2 atom stereocenters. The molecule has 65 valence electrons. The molecule has 2 unspecified atom stereocenters. The Labute approximate surface area is 64.7 Å². The number of carbonyl (C=O) groups is 1. The maximum absolute atomic E-state index is 9.93. The summed E-state index contributed by atoms with van der Waals surface area (Å²) in [7, 11) is 0. The van der Waals surface area contributed by atoms with Crippen molar-refractivity contribution in [2.24, 2.45) is 0 Å². The van der Waals surface area contributed by atoms with Crippen LogP contribution >= 0.6 is 0 Å². The van der Waals surface area contributed by atoms with Crippen LogP contribution in [0.2, 0.25) is 0 Å². The van der Waals surface area contributed by atoms with Crippen LogP contribution in [0.25, 0.3) is 0 Å². The molecule has 0 bridgehead atoms. The lowest BCUT2D eigenvalue weighted by Crippen LogP contribution is -2.36. The smallest absolute Gasteiger partial charge is 0.317 e. The molecule has 1 radical (unpaired) electrons. The van der Waals surface area contributed by atoms with Gasteiger partial charge in [0.2, 0.25) is 0 Å². The van der Waals surface area contributed by atoms with Gasteiger partial charge in [0, 0.05) is 6.54 Å².